The number of hydrogen-bond donors (Lipinski definition) is 0. The van der Waals surface area contributed by atoms with Crippen LogP contribution in [0.15, 0.2) is 0 Å². The van der Waals surface area contributed by atoms with Crippen molar-refractivity contribution in [3.63, 3.8) is 0 Å². The van der Waals surface area contributed by atoms with E-state index in [2.05, 4.69) is 11.9 Å². The van der Waals surface area contributed by atoms with Gasteiger partial charge in [-0.1, -0.05) is 0 Å². The van der Waals surface area contributed by atoms with Crippen LogP contribution < -0.4 is 0 Å². The van der Waals surface area contributed by atoms with Crippen LogP contribution in [0.4, 0.5) is 0 Å². The fraction of sp³-hybridized carbons (Fsp3) is 0.923. The third-order valence-electron chi connectivity index (χ3n) is 3.82. The predicted molar refractivity (Wildman–Crippen MR) is 67.9 cm³/mol. The summed E-state index contributed by atoms with van der Waals surface area (Å²) in [5.74, 6) is -0.0158. The van der Waals surface area contributed by atoms with E-state index in [1.54, 1.807) is 5.06 Å². The first-order valence-corrected chi connectivity index (χ1v) is 6.75. The number of ether oxygens (including phenoxy) is 1. The number of carbonyl (C=O) groups excluding carboxylic acids is 1. The molecule has 0 amide bonds. The molecule has 0 unspecified atom stereocenters. The highest BCUT2D eigenvalue weighted by molar-refractivity contribution is 5.72. The molecule has 104 valence electrons. The van der Waals surface area contributed by atoms with Crippen LogP contribution in [-0.4, -0.2) is 61.4 Å². The Morgan fingerprint density at radius 2 is 1.94 bits per heavy atom. The zero-order valence-electron chi connectivity index (χ0n) is 11.6. The second-order valence-corrected chi connectivity index (χ2v) is 5.95. The minimum Gasteiger partial charge on any atom is -0.378 e. The van der Waals surface area contributed by atoms with Gasteiger partial charge in [0, 0.05) is 0 Å². The highest BCUT2D eigenvalue weighted by Gasteiger charge is 2.35. The summed E-state index contributed by atoms with van der Waals surface area (Å²) >= 11 is 0. The summed E-state index contributed by atoms with van der Waals surface area (Å²) in [5.41, 5.74) is -0.223. The molecule has 0 spiro atoms. The average Bonchev–Trinajstić information content (AvgIpc) is 2.32. The molecule has 5 nitrogen and oxygen atoms in total. The molecule has 0 aromatic carbocycles. The Morgan fingerprint density at radius 1 is 1.28 bits per heavy atom. The second-order valence-electron chi connectivity index (χ2n) is 5.95. The van der Waals surface area contributed by atoms with Gasteiger partial charge in [0.15, 0.2) is 0 Å². The van der Waals surface area contributed by atoms with Gasteiger partial charge in [-0.15, -0.1) is 5.06 Å². The van der Waals surface area contributed by atoms with Crippen LogP contribution in [0.2, 0.25) is 0 Å². The van der Waals surface area contributed by atoms with Crippen molar-refractivity contribution in [2.75, 3.05) is 39.9 Å². The van der Waals surface area contributed by atoms with Crippen molar-refractivity contribution in [2.24, 2.45) is 5.92 Å². The van der Waals surface area contributed by atoms with Crippen LogP contribution in [0.25, 0.3) is 0 Å². The van der Waals surface area contributed by atoms with Crippen molar-refractivity contribution in [1.29, 1.82) is 0 Å². The number of likely N-dealkylation sites (tertiary alicyclic amines) is 1. The van der Waals surface area contributed by atoms with Gasteiger partial charge >= 0.3 is 5.97 Å². The number of hydrogen-bond acceptors (Lipinski definition) is 5. The van der Waals surface area contributed by atoms with Gasteiger partial charge < -0.3 is 14.5 Å². The molecule has 0 aliphatic carbocycles. The van der Waals surface area contributed by atoms with E-state index in [1.165, 1.54) is 0 Å². The summed E-state index contributed by atoms with van der Waals surface area (Å²) in [6.45, 7) is 7.92. The van der Waals surface area contributed by atoms with E-state index in [1.807, 2.05) is 13.8 Å². The first kappa shape index (κ1) is 13.8. The molecule has 2 fully saturated rings. The molecule has 5 heteroatoms. The Labute approximate surface area is 109 Å². The van der Waals surface area contributed by atoms with Gasteiger partial charge in [-0.25, -0.2) is 0 Å². The second kappa shape index (κ2) is 5.55. The third-order valence-corrected chi connectivity index (χ3v) is 3.82. The van der Waals surface area contributed by atoms with E-state index < -0.39 is 0 Å². The number of nitrogens with zero attached hydrogens (tertiary/aromatic N) is 2. The molecule has 0 bridgehead atoms. The highest BCUT2D eigenvalue weighted by atomic mass is 16.7. The van der Waals surface area contributed by atoms with E-state index in [0.717, 1.165) is 25.9 Å². The van der Waals surface area contributed by atoms with Gasteiger partial charge in [-0.3, -0.25) is 4.79 Å². The van der Waals surface area contributed by atoms with E-state index in [4.69, 9.17) is 9.57 Å². The molecule has 0 aromatic heterocycles. The molecular formula is C13H24N2O3. The molecule has 18 heavy (non-hydrogen) atoms. The van der Waals surface area contributed by atoms with Gasteiger partial charge in [0.1, 0.15) is 0 Å². The molecule has 2 saturated heterocycles. The maximum atomic E-state index is 12.1. The Morgan fingerprint density at radius 3 is 2.56 bits per heavy atom. The molecular weight excluding hydrogens is 232 g/mol. The van der Waals surface area contributed by atoms with Crippen molar-refractivity contribution in [2.45, 2.75) is 32.2 Å². The number of rotatable bonds is 2. The standard InChI is InChI=1S/C13H24N2O3/c1-13(2)10-17-9-8-15(13)18-12(16)11-4-6-14(3)7-5-11/h11H,4-10H2,1-3H3. The SMILES string of the molecule is CN1CCC(C(=O)ON2CCOCC2(C)C)CC1. The lowest BCUT2D eigenvalue weighted by Crippen LogP contribution is -2.54. The Hall–Kier alpha value is -0.650. The monoisotopic (exact) mass is 256 g/mol. The fourth-order valence-corrected chi connectivity index (χ4v) is 2.44. The first-order chi connectivity index (χ1) is 8.49. The number of piperidine rings is 1. The molecule has 0 aromatic rings. The number of morpholine rings is 1. The van der Waals surface area contributed by atoms with Crippen molar-refractivity contribution in [3.8, 4) is 0 Å². The van der Waals surface area contributed by atoms with Crippen LogP contribution in [0.1, 0.15) is 26.7 Å². The Balaban J connectivity index is 1.86. The van der Waals surface area contributed by atoms with Gasteiger partial charge in [0.25, 0.3) is 0 Å². The normalized spacial score (nSPS) is 27.1. The Bertz CT molecular complexity index is 299. The maximum absolute atomic E-state index is 12.1. The fourth-order valence-electron chi connectivity index (χ4n) is 2.44. The molecule has 2 aliphatic rings. The van der Waals surface area contributed by atoms with Crippen molar-refractivity contribution >= 4 is 5.97 Å². The van der Waals surface area contributed by atoms with Crippen LogP contribution in [0, 0.1) is 5.92 Å². The molecule has 0 N–H and O–H groups in total. The molecule has 2 rings (SSSR count). The van der Waals surface area contributed by atoms with Crippen molar-refractivity contribution < 1.29 is 14.4 Å². The number of hydroxylamine groups is 2. The summed E-state index contributed by atoms with van der Waals surface area (Å²) in [7, 11) is 2.09. The third kappa shape index (κ3) is 3.22. The van der Waals surface area contributed by atoms with E-state index in [0.29, 0.717) is 19.8 Å². The van der Waals surface area contributed by atoms with E-state index in [9.17, 15) is 4.79 Å². The molecule has 2 heterocycles. The molecule has 2 aliphatic heterocycles. The zero-order valence-corrected chi connectivity index (χ0v) is 11.6. The largest absolute Gasteiger partial charge is 0.378 e. The molecule has 0 atom stereocenters. The smallest absolute Gasteiger partial charge is 0.328 e. The van der Waals surface area contributed by atoms with Gasteiger partial charge in [0.2, 0.25) is 0 Å². The lowest BCUT2D eigenvalue weighted by atomic mass is 9.97. The topological polar surface area (TPSA) is 42.0 Å². The van der Waals surface area contributed by atoms with Crippen LogP contribution in [0.5, 0.6) is 0 Å². The van der Waals surface area contributed by atoms with Crippen molar-refractivity contribution in [3.05, 3.63) is 0 Å². The summed E-state index contributed by atoms with van der Waals surface area (Å²) < 4.78 is 5.42. The molecule has 0 saturated carbocycles. The van der Waals surface area contributed by atoms with Crippen LogP contribution in [0.3, 0.4) is 0 Å². The highest BCUT2D eigenvalue weighted by Crippen LogP contribution is 2.23. The predicted octanol–water partition coefficient (Wildman–Crippen LogP) is 0.897. The minimum atomic E-state index is -0.223. The van der Waals surface area contributed by atoms with Gasteiger partial charge in [-0.2, -0.15) is 0 Å². The van der Waals surface area contributed by atoms with Crippen LogP contribution >= 0.6 is 0 Å². The lowest BCUT2D eigenvalue weighted by molar-refractivity contribution is -0.249. The summed E-state index contributed by atoms with van der Waals surface area (Å²) in [6, 6.07) is 0. The maximum Gasteiger partial charge on any atom is 0.328 e. The summed E-state index contributed by atoms with van der Waals surface area (Å²) in [4.78, 5) is 20.0. The van der Waals surface area contributed by atoms with Crippen LogP contribution in [-0.2, 0) is 14.4 Å². The van der Waals surface area contributed by atoms with E-state index >= 15 is 0 Å². The van der Waals surface area contributed by atoms with Gasteiger partial charge in [0.05, 0.1) is 31.2 Å². The molecule has 0 radical (unpaired) electrons. The zero-order chi connectivity index (χ0) is 13.2. The van der Waals surface area contributed by atoms with E-state index in [-0.39, 0.29) is 17.4 Å². The lowest BCUT2D eigenvalue weighted by Gasteiger charge is -2.40. The Kier molecular flexibility index (Phi) is 4.25. The minimum absolute atomic E-state index is 0.0554. The quantitative estimate of drug-likeness (QED) is 0.734. The summed E-state index contributed by atoms with van der Waals surface area (Å²) in [5, 5.41) is 1.79. The van der Waals surface area contributed by atoms with Gasteiger partial charge in [-0.05, 0) is 46.8 Å². The first-order valence-electron chi connectivity index (χ1n) is 6.75. The average molecular weight is 256 g/mol. The number of carbonyl (C=O) groups is 1. The summed E-state index contributed by atoms with van der Waals surface area (Å²) in [6.07, 6.45) is 1.81. The van der Waals surface area contributed by atoms with Crippen molar-refractivity contribution in [1.82, 2.24) is 9.96 Å².